The Morgan fingerprint density at radius 2 is 2.14 bits per heavy atom. The summed E-state index contributed by atoms with van der Waals surface area (Å²) >= 11 is 1.21. The van der Waals surface area contributed by atoms with Crippen molar-refractivity contribution in [2.24, 2.45) is 5.92 Å². The Bertz CT molecular complexity index is 346. The van der Waals surface area contributed by atoms with Gasteiger partial charge in [0.25, 0.3) is 0 Å². The molecule has 1 aliphatic rings. The van der Waals surface area contributed by atoms with Gasteiger partial charge in [-0.15, -0.1) is 11.3 Å². The van der Waals surface area contributed by atoms with Gasteiger partial charge in [0.2, 0.25) is 5.91 Å². The van der Waals surface area contributed by atoms with Crippen molar-refractivity contribution in [3.05, 3.63) is 22.4 Å². The lowest BCUT2D eigenvalue weighted by Gasteiger charge is -2.37. The van der Waals surface area contributed by atoms with Crippen molar-refractivity contribution >= 4 is 17.2 Å². The molecule has 1 fully saturated rings. The van der Waals surface area contributed by atoms with Crippen molar-refractivity contribution < 1.29 is 18.0 Å². The first-order chi connectivity index (χ1) is 6.50. The maximum atomic E-state index is 12.3. The van der Waals surface area contributed by atoms with Crippen LogP contribution in [0.15, 0.2) is 17.5 Å². The number of rotatable bonds is 1. The van der Waals surface area contributed by atoms with Gasteiger partial charge in [-0.25, -0.2) is 0 Å². The second kappa shape index (κ2) is 2.98. The van der Waals surface area contributed by atoms with Crippen molar-refractivity contribution in [3.8, 4) is 0 Å². The molecule has 0 aliphatic carbocycles. The number of carbonyl (C=O) groups excluding carboxylic acids is 1. The van der Waals surface area contributed by atoms with Crippen LogP contribution in [-0.4, -0.2) is 12.1 Å². The number of thiophene rings is 1. The van der Waals surface area contributed by atoms with E-state index >= 15 is 0 Å². The van der Waals surface area contributed by atoms with Gasteiger partial charge in [-0.1, -0.05) is 6.07 Å². The molecule has 2 unspecified atom stereocenters. The first-order valence-corrected chi connectivity index (χ1v) is 4.78. The molecule has 1 aliphatic heterocycles. The van der Waals surface area contributed by atoms with Gasteiger partial charge in [0.15, 0.2) is 5.92 Å². The molecule has 14 heavy (non-hydrogen) atoms. The average Bonchev–Trinajstić information content (AvgIpc) is 2.47. The Kier molecular flexibility index (Phi) is 2.02. The zero-order valence-electron chi connectivity index (χ0n) is 6.84. The maximum absolute atomic E-state index is 12.3. The first kappa shape index (κ1) is 9.51. The van der Waals surface area contributed by atoms with Gasteiger partial charge in [-0.2, -0.15) is 13.2 Å². The standard InChI is InChI=1S/C8H6F3NOS/c9-8(10,11)5-6(12-7(5)13)4-2-1-3-14-4/h1-3,5-6H,(H,12,13). The summed E-state index contributed by atoms with van der Waals surface area (Å²) in [7, 11) is 0. The Hall–Kier alpha value is -1.04. The van der Waals surface area contributed by atoms with Crippen LogP contribution in [0.5, 0.6) is 0 Å². The molecule has 1 aromatic heterocycles. The highest BCUT2D eigenvalue weighted by Gasteiger charge is 2.57. The van der Waals surface area contributed by atoms with Crippen LogP contribution in [0.3, 0.4) is 0 Å². The molecule has 0 radical (unpaired) electrons. The number of hydrogen-bond donors (Lipinski definition) is 1. The van der Waals surface area contributed by atoms with Gasteiger partial charge >= 0.3 is 6.18 Å². The van der Waals surface area contributed by atoms with Crippen LogP contribution in [0.2, 0.25) is 0 Å². The van der Waals surface area contributed by atoms with Gasteiger partial charge in [0, 0.05) is 4.88 Å². The van der Waals surface area contributed by atoms with Crippen LogP contribution in [-0.2, 0) is 4.79 Å². The molecule has 1 amide bonds. The Morgan fingerprint density at radius 3 is 2.57 bits per heavy atom. The van der Waals surface area contributed by atoms with Crippen molar-refractivity contribution in [2.45, 2.75) is 12.2 Å². The van der Waals surface area contributed by atoms with Gasteiger partial charge in [-0.05, 0) is 11.4 Å². The van der Waals surface area contributed by atoms with Crippen molar-refractivity contribution in [3.63, 3.8) is 0 Å². The third kappa shape index (κ3) is 1.39. The minimum atomic E-state index is -4.45. The summed E-state index contributed by atoms with van der Waals surface area (Å²) in [5.74, 6) is -2.81. The molecule has 0 spiro atoms. The molecule has 2 rings (SSSR count). The summed E-state index contributed by atoms with van der Waals surface area (Å²) in [6.07, 6.45) is -4.45. The molecule has 2 nitrogen and oxygen atoms in total. The Morgan fingerprint density at radius 1 is 1.43 bits per heavy atom. The second-order valence-corrected chi connectivity index (χ2v) is 4.00. The van der Waals surface area contributed by atoms with Crippen LogP contribution >= 0.6 is 11.3 Å². The van der Waals surface area contributed by atoms with E-state index in [1.165, 1.54) is 11.3 Å². The summed E-state index contributed by atoms with van der Waals surface area (Å²) in [5, 5.41) is 3.94. The Labute approximate surface area is 81.7 Å². The molecule has 1 saturated heterocycles. The number of amides is 1. The predicted octanol–water partition coefficient (Wildman–Crippen LogP) is 2.10. The second-order valence-electron chi connectivity index (χ2n) is 3.02. The van der Waals surface area contributed by atoms with E-state index < -0.39 is 24.0 Å². The molecule has 1 aromatic rings. The van der Waals surface area contributed by atoms with E-state index in [-0.39, 0.29) is 0 Å². The summed E-state index contributed by atoms with van der Waals surface area (Å²) in [6, 6.07) is 2.37. The van der Waals surface area contributed by atoms with E-state index in [2.05, 4.69) is 5.32 Å². The fourth-order valence-electron chi connectivity index (χ4n) is 1.42. The van der Waals surface area contributed by atoms with Crippen LogP contribution in [0.1, 0.15) is 10.9 Å². The van der Waals surface area contributed by atoms with Crippen LogP contribution in [0.25, 0.3) is 0 Å². The topological polar surface area (TPSA) is 29.1 Å². The summed E-state index contributed by atoms with van der Waals surface area (Å²) in [6.45, 7) is 0. The SMILES string of the molecule is O=C1NC(c2cccs2)C1C(F)(F)F. The quantitative estimate of drug-likeness (QED) is 0.723. The third-order valence-corrected chi connectivity index (χ3v) is 3.07. The number of halogens is 3. The number of alkyl halides is 3. The number of β-lactam (4-membered cyclic amide) rings is 1. The third-order valence-electron chi connectivity index (χ3n) is 2.12. The van der Waals surface area contributed by atoms with E-state index in [0.29, 0.717) is 4.88 Å². The molecule has 2 atom stereocenters. The largest absolute Gasteiger partial charge is 0.402 e. The molecule has 1 N–H and O–H groups in total. The van der Waals surface area contributed by atoms with E-state index in [1.54, 1.807) is 17.5 Å². The molecular weight excluding hydrogens is 215 g/mol. The van der Waals surface area contributed by atoms with Crippen LogP contribution in [0, 0.1) is 5.92 Å². The number of nitrogens with one attached hydrogen (secondary N) is 1. The van der Waals surface area contributed by atoms with Gasteiger partial charge in [-0.3, -0.25) is 4.79 Å². The predicted molar refractivity (Wildman–Crippen MR) is 44.7 cm³/mol. The van der Waals surface area contributed by atoms with E-state index in [0.717, 1.165) is 0 Å². The molecule has 0 saturated carbocycles. The first-order valence-electron chi connectivity index (χ1n) is 3.90. The molecule has 0 aromatic carbocycles. The molecular formula is C8H6F3NOS. The van der Waals surface area contributed by atoms with Crippen molar-refractivity contribution in [2.75, 3.05) is 0 Å². The highest BCUT2D eigenvalue weighted by molar-refractivity contribution is 7.10. The fourth-order valence-corrected chi connectivity index (χ4v) is 2.24. The van der Waals surface area contributed by atoms with Crippen LogP contribution in [0.4, 0.5) is 13.2 Å². The number of carbonyl (C=O) groups is 1. The fraction of sp³-hybridized carbons (Fsp3) is 0.375. The van der Waals surface area contributed by atoms with E-state index in [1.807, 2.05) is 0 Å². The van der Waals surface area contributed by atoms with E-state index in [4.69, 9.17) is 0 Å². The Balaban J connectivity index is 2.21. The molecule has 6 heteroatoms. The summed E-state index contributed by atoms with van der Waals surface area (Å²) in [5.41, 5.74) is 0. The van der Waals surface area contributed by atoms with Gasteiger partial charge < -0.3 is 5.32 Å². The minimum absolute atomic E-state index is 0.548. The van der Waals surface area contributed by atoms with Gasteiger partial charge in [0.05, 0.1) is 6.04 Å². The van der Waals surface area contributed by atoms with Crippen molar-refractivity contribution in [1.29, 1.82) is 0 Å². The maximum Gasteiger partial charge on any atom is 0.402 e. The van der Waals surface area contributed by atoms with Crippen LogP contribution < -0.4 is 5.32 Å². The van der Waals surface area contributed by atoms with E-state index in [9.17, 15) is 18.0 Å². The molecule has 76 valence electrons. The molecule has 0 bridgehead atoms. The smallest absolute Gasteiger partial charge is 0.347 e. The molecule has 2 heterocycles. The normalized spacial score (nSPS) is 26.9. The zero-order chi connectivity index (χ0) is 10.3. The average molecular weight is 221 g/mol. The lowest BCUT2D eigenvalue weighted by atomic mass is 9.89. The minimum Gasteiger partial charge on any atom is -0.347 e. The highest BCUT2D eigenvalue weighted by atomic mass is 32.1. The monoisotopic (exact) mass is 221 g/mol. The zero-order valence-corrected chi connectivity index (χ0v) is 7.65. The lowest BCUT2D eigenvalue weighted by Crippen LogP contribution is -2.57. The van der Waals surface area contributed by atoms with Crippen molar-refractivity contribution in [1.82, 2.24) is 5.32 Å². The summed E-state index contributed by atoms with van der Waals surface area (Å²) in [4.78, 5) is 11.3. The number of hydrogen-bond acceptors (Lipinski definition) is 2. The summed E-state index contributed by atoms with van der Waals surface area (Å²) < 4.78 is 37.0. The lowest BCUT2D eigenvalue weighted by molar-refractivity contribution is -0.204. The highest BCUT2D eigenvalue weighted by Crippen LogP contribution is 2.43. The van der Waals surface area contributed by atoms with Gasteiger partial charge in [0.1, 0.15) is 0 Å².